The summed E-state index contributed by atoms with van der Waals surface area (Å²) in [5.74, 6) is -0.481. The number of nitriles is 2. The molecule has 2 fully saturated rings. The van der Waals surface area contributed by atoms with Crippen LogP contribution in [0.4, 0.5) is 14.5 Å². The van der Waals surface area contributed by atoms with Crippen LogP contribution in [-0.4, -0.2) is 55.0 Å². The number of halogens is 4. The maximum Gasteiger partial charge on any atom is 1.00 e. The molecule has 0 aromatic heterocycles. The Kier molecular flexibility index (Phi) is 25.6. The summed E-state index contributed by atoms with van der Waals surface area (Å²) in [7, 11) is 0. The SMILES string of the molecule is N#Cc1cc(Br)ccc1F.N#Cc1cc(Br)ccc1N1CCC(O)C1.OC1CCNC1.[2H]C(=O)OO[CH-]F.[K+].[K+]. The number of benzene rings is 2. The average Bonchev–Trinajstić information content (AvgIpc) is 3.56. The first kappa shape index (κ1) is 39.6. The third-order valence-corrected chi connectivity index (χ3v) is 5.77. The zero-order valence-electron chi connectivity index (χ0n) is 22.4. The van der Waals surface area contributed by atoms with Gasteiger partial charge in [-0.05, 0) is 62.6 Å². The fraction of sp³-hybridized carbons (Fsp3) is 0.333. The Morgan fingerprint density at radius 3 is 2.10 bits per heavy atom. The summed E-state index contributed by atoms with van der Waals surface area (Å²) in [5.41, 5.74) is 1.63. The maximum atomic E-state index is 12.5. The molecule has 2 saturated heterocycles. The van der Waals surface area contributed by atoms with E-state index in [1.54, 1.807) is 18.2 Å². The molecule has 0 spiro atoms. The Labute approximate surface area is 329 Å². The van der Waals surface area contributed by atoms with Crippen molar-refractivity contribution in [3.05, 3.63) is 69.1 Å². The van der Waals surface area contributed by atoms with Crippen LogP contribution in [0.15, 0.2) is 45.3 Å². The predicted molar refractivity (Wildman–Crippen MR) is 138 cm³/mol. The van der Waals surface area contributed by atoms with Crippen LogP contribution in [0.25, 0.3) is 0 Å². The van der Waals surface area contributed by atoms with Crippen LogP contribution >= 0.6 is 31.9 Å². The molecule has 2 aromatic rings. The van der Waals surface area contributed by atoms with Gasteiger partial charge in [0.2, 0.25) is 0 Å². The van der Waals surface area contributed by atoms with Crippen LogP contribution in [-0.2, 0) is 14.6 Å². The molecule has 2 aromatic carbocycles. The van der Waals surface area contributed by atoms with Crippen LogP contribution in [0.5, 0.6) is 0 Å². The minimum absolute atomic E-state index is 0. The number of anilines is 1. The molecule has 2 atom stereocenters. The first-order valence-corrected chi connectivity index (χ1v) is 12.3. The van der Waals surface area contributed by atoms with Crippen LogP contribution < -0.4 is 113 Å². The Morgan fingerprint density at radius 1 is 1.10 bits per heavy atom. The van der Waals surface area contributed by atoms with Crippen molar-refractivity contribution in [1.82, 2.24) is 5.32 Å². The third kappa shape index (κ3) is 18.0. The maximum absolute atomic E-state index is 12.5. The zero-order valence-corrected chi connectivity index (χ0v) is 30.8. The number of rotatable bonds is 3. The molecular formula is C24H25Br2F2K2N4O5+. The number of carbonyl (C=O) groups excluding carboxylic acids is 1. The number of nitrogens with zero attached hydrogens (tertiary/aromatic N) is 3. The molecule has 0 radical (unpaired) electrons. The fourth-order valence-corrected chi connectivity index (χ4v) is 3.82. The van der Waals surface area contributed by atoms with Gasteiger partial charge >= 0.3 is 109 Å². The Balaban J connectivity index is 0. The van der Waals surface area contributed by atoms with Crippen molar-refractivity contribution in [1.29, 1.82) is 10.5 Å². The van der Waals surface area contributed by atoms with Crippen molar-refractivity contribution < 1.29 is 138 Å². The normalized spacial score (nSPS) is 16.9. The Morgan fingerprint density at radius 2 is 1.72 bits per heavy atom. The molecule has 0 aliphatic carbocycles. The van der Waals surface area contributed by atoms with E-state index in [-0.39, 0.29) is 127 Å². The first-order valence-electron chi connectivity index (χ1n) is 11.2. The summed E-state index contributed by atoms with van der Waals surface area (Å²) in [5, 5.41) is 38.5. The van der Waals surface area contributed by atoms with Crippen molar-refractivity contribution in [2.75, 3.05) is 31.1 Å². The van der Waals surface area contributed by atoms with Gasteiger partial charge in [0.1, 0.15) is 18.0 Å². The number of β-amino-alcohol motifs (C(OH)–C–C–N with tert-alkyl or cyclic N) is 2. The van der Waals surface area contributed by atoms with Gasteiger partial charge in [-0.15, -0.1) is 0 Å². The van der Waals surface area contributed by atoms with E-state index in [1.165, 1.54) is 12.1 Å². The van der Waals surface area contributed by atoms with Gasteiger partial charge in [0.05, 0.1) is 29.0 Å². The van der Waals surface area contributed by atoms with Crippen LogP contribution in [0, 0.1) is 35.3 Å². The summed E-state index contributed by atoms with van der Waals surface area (Å²) in [6, 6.07) is 13.8. The van der Waals surface area contributed by atoms with Crippen molar-refractivity contribution in [2.45, 2.75) is 25.0 Å². The predicted octanol–water partition coefficient (Wildman–Crippen LogP) is -2.12. The second-order valence-corrected chi connectivity index (χ2v) is 9.23. The Hall–Kier alpha value is 0.623. The van der Waals surface area contributed by atoms with Gasteiger partial charge in [-0.25, -0.2) is 4.39 Å². The second-order valence-electron chi connectivity index (χ2n) is 7.40. The number of hydrogen-bond donors (Lipinski definition) is 3. The molecule has 0 bridgehead atoms. The number of carbonyl (C=O) groups is 1. The van der Waals surface area contributed by atoms with Gasteiger partial charge in [-0.3, -0.25) is 4.79 Å². The molecule has 2 aliphatic heterocycles. The van der Waals surface area contributed by atoms with Gasteiger partial charge in [0, 0.05) is 28.6 Å². The van der Waals surface area contributed by atoms with E-state index in [0.717, 1.165) is 42.6 Å². The van der Waals surface area contributed by atoms with E-state index in [1.807, 2.05) is 12.1 Å². The van der Waals surface area contributed by atoms with Gasteiger partial charge in [0.25, 0.3) is 0 Å². The van der Waals surface area contributed by atoms with E-state index in [2.05, 4.69) is 57.9 Å². The summed E-state index contributed by atoms with van der Waals surface area (Å²) >= 11 is 6.46. The Bertz CT molecular complexity index is 1130. The fourth-order valence-electron chi connectivity index (χ4n) is 3.09. The summed E-state index contributed by atoms with van der Waals surface area (Å²) in [6.45, 7) is 2.88. The van der Waals surface area contributed by atoms with Crippen LogP contribution in [0.1, 0.15) is 25.3 Å². The summed E-state index contributed by atoms with van der Waals surface area (Å²) in [4.78, 5) is 17.9. The van der Waals surface area contributed by atoms with Crippen LogP contribution in [0.3, 0.4) is 0 Å². The number of nitrogens with one attached hydrogen (secondary N) is 1. The molecule has 4 rings (SSSR count). The molecule has 3 N–H and O–H groups in total. The van der Waals surface area contributed by atoms with Crippen molar-refractivity contribution in [2.24, 2.45) is 0 Å². The number of hydrogen-bond acceptors (Lipinski definition) is 9. The zero-order chi connectivity index (χ0) is 28.5. The van der Waals surface area contributed by atoms with Crippen LogP contribution in [0.2, 0.25) is 0 Å². The topological polar surface area (TPSA) is 139 Å². The third-order valence-electron chi connectivity index (χ3n) is 4.78. The standard InChI is InChI=1S/C11H11BrN2O.C7H3BrFN.C4H9NO.C2H2FO3.2K/c12-9-1-2-11(8(5-9)6-13)14-4-3-10(15)7-14;8-6-1-2-7(9)5(3-6)4-10;6-4-1-2-5-3-4;3-1-5-6-2-4;;/h1-2,5,10,15H,3-4,7H2;1-3H;4-6H,1-3H2;1-2H;;/q;;;-1;2*+1/i;;;2D;;. The van der Waals surface area contributed by atoms with Gasteiger partial charge < -0.3 is 34.6 Å². The molecule has 9 nitrogen and oxygen atoms in total. The van der Waals surface area contributed by atoms with Crippen molar-refractivity contribution in [3.8, 4) is 12.1 Å². The molecule has 0 saturated carbocycles. The van der Waals surface area contributed by atoms with Gasteiger partial charge in [-0.1, -0.05) is 31.9 Å². The van der Waals surface area contributed by atoms with E-state index in [9.17, 15) is 18.7 Å². The van der Waals surface area contributed by atoms with Gasteiger partial charge in [-0.2, -0.15) is 10.5 Å². The molecule has 2 aliphatic rings. The molecule has 200 valence electrons. The minimum atomic E-state index is -1.44. The van der Waals surface area contributed by atoms with E-state index >= 15 is 0 Å². The molecular weight excluding hydrogens is 700 g/mol. The molecule has 0 amide bonds. The van der Waals surface area contributed by atoms with Gasteiger partial charge in [0.15, 0.2) is 1.37 Å². The smallest absolute Gasteiger partial charge is 0.426 e. The molecule has 2 unspecified atom stereocenters. The van der Waals surface area contributed by atoms with E-state index in [4.69, 9.17) is 17.0 Å². The molecule has 2 heterocycles. The summed E-state index contributed by atoms with van der Waals surface area (Å²) < 4.78 is 30.7. The second kappa shape index (κ2) is 25.2. The largest absolute Gasteiger partial charge is 1.00 e. The molecule has 15 heteroatoms. The van der Waals surface area contributed by atoms with E-state index in [0.29, 0.717) is 16.6 Å². The summed E-state index contributed by atoms with van der Waals surface area (Å²) in [6.07, 6.45) is -0.0555. The average molecular weight is 726 g/mol. The van der Waals surface area contributed by atoms with Crippen molar-refractivity contribution in [3.63, 3.8) is 0 Å². The minimum Gasteiger partial charge on any atom is -0.426 e. The van der Waals surface area contributed by atoms with E-state index < -0.39 is 12.3 Å². The first-order chi connectivity index (χ1) is 18.1. The number of aliphatic hydroxyl groups is 2. The monoisotopic (exact) mass is 724 g/mol. The number of aliphatic hydroxyl groups excluding tert-OH is 2. The molecule has 39 heavy (non-hydrogen) atoms. The van der Waals surface area contributed by atoms with Crippen molar-refractivity contribution >= 4 is 44.0 Å². The quantitative estimate of drug-likeness (QED) is 0.107.